The molecule has 0 aliphatic carbocycles. The fourth-order valence-electron chi connectivity index (χ4n) is 3.76. The number of nitrogens with zero attached hydrogens (tertiary/aromatic N) is 1. The molecule has 0 aliphatic rings. The van der Waals surface area contributed by atoms with Crippen LogP contribution in [0.1, 0.15) is 34.5 Å². The van der Waals surface area contributed by atoms with Gasteiger partial charge in [0, 0.05) is 12.1 Å². The summed E-state index contributed by atoms with van der Waals surface area (Å²) in [6.45, 7) is 1.08. The van der Waals surface area contributed by atoms with Gasteiger partial charge in [0.05, 0.1) is 44.0 Å². The third-order valence-corrected chi connectivity index (χ3v) is 8.63. The van der Waals surface area contributed by atoms with Gasteiger partial charge in [-0.1, -0.05) is 31.2 Å². The van der Waals surface area contributed by atoms with Crippen molar-refractivity contribution < 1.29 is 31.5 Å². The number of sulfone groups is 1. The fourth-order valence-corrected chi connectivity index (χ4v) is 5.68. The van der Waals surface area contributed by atoms with Gasteiger partial charge < -0.3 is 10.4 Å². The molecule has 4 rings (SSSR count). The Morgan fingerprint density at radius 3 is 2.32 bits per heavy atom. The maximum Gasteiger partial charge on any atom is 0.416 e. The highest BCUT2D eigenvalue weighted by molar-refractivity contribution is 7.91. The first-order valence-corrected chi connectivity index (χ1v) is 13.8. The molecule has 1 heterocycles. The van der Waals surface area contributed by atoms with Crippen molar-refractivity contribution in [3.8, 4) is 0 Å². The van der Waals surface area contributed by atoms with Crippen LogP contribution in [0.3, 0.4) is 0 Å². The zero-order valence-electron chi connectivity index (χ0n) is 19.6. The Bertz CT molecular complexity index is 1510. The lowest BCUT2D eigenvalue weighted by atomic mass is 9.99. The molecule has 3 aromatic carbocycles. The van der Waals surface area contributed by atoms with Gasteiger partial charge in [-0.2, -0.15) is 13.2 Å². The van der Waals surface area contributed by atoms with Gasteiger partial charge in [0.1, 0.15) is 0 Å². The van der Waals surface area contributed by atoms with Crippen LogP contribution in [0.25, 0.3) is 10.2 Å². The van der Waals surface area contributed by atoms with E-state index >= 15 is 0 Å². The van der Waals surface area contributed by atoms with E-state index in [1.807, 2.05) is 0 Å². The highest BCUT2D eigenvalue weighted by atomic mass is 32.2. The van der Waals surface area contributed by atoms with Gasteiger partial charge >= 0.3 is 6.18 Å². The first kappa shape index (κ1) is 26.8. The molecule has 1 amide bonds. The van der Waals surface area contributed by atoms with Gasteiger partial charge in [0.2, 0.25) is 5.91 Å². The van der Waals surface area contributed by atoms with Gasteiger partial charge in [-0.15, -0.1) is 11.3 Å². The van der Waals surface area contributed by atoms with Crippen LogP contribution in [0, 0.1) is 0 Å². The molecule has 0 spiro atoms. The maximum absolute atomic E-state index is 12.9. The summed E-state index contributed by atoms with van der Waals surface area (Å²) < 4.78 is 63.2. The number of carbonyl (C=O) groups is 1. The lowest BCUT2D eigenvalue weighted by Crippen LogP contribution is -2.24. The summed E-state index contributed by atoms with van der Waals surface area (Å²) in [5, 5.41) is 13.3. The Hall–Kier alpha value is -3.28. The minimum atomic E-state index is -4.39. The standard InChI is InChI=1S/C26H23F3N2O4S2/c1-2-37(34,35)20-10-5-17(6-11-20)21(15-32)25(33)30-19-9-12-22-23(14-19)36-24(31-22)13-16-3-7-18(8-4-16)26(27,28)29/h3-12,14,21,32H,2,13,15H2,1H3,(H,30,33). The molecule has 11 heteroatoms. The van der Waals surface area contributed by atoms with Crippen LogP contribution in [0.2, 0.25) is 0 Å². The monoisotopic (exact) mass is 548 g/mol. The van der Waals surface area contributed by atoms with Gasteiger partial charge in [0.25, 0.3) is 0 Å². The normalized spacial score (nSPS) is 13.0. The van der Waals surface area contributed by atoms with E-state index in [1.165, 1.54) is 47.7 Å². The summed E-state index contributed by atoms with van der Waals surface area (Å²) in [4.78, 5) is 17.6. The molecule has 6 nitrogen and oxygen atoms in total. The predicted octanol–water partition coefficient (Wildman–Crippen LogP) is 5.41. The molecule has 0 aliphatic heterocycles. The second-order valence-electron chi connectivity index (χ2n) is 8.36. The van der Waals surface area contributed by atoms with Crippen LogP contribution < -0.4 is 5.32 Å². The smallest absolute Gasteiger partial charge is 0.395 e. The van der Waals surface area contributed by atoms with Gasteiger partial charge in [-0.25, -0.2) is 13.4 Å². The quantitative estimate of drug-likeness (QED) is 0.307. The van der Waals surface area contributed by atoms with Gasteiger partial charge in [-0.05, 0) is 53.6 Å². The summed E-state index contributed by atoms with van der Waals surface area (Å²) in [7, 11) is -3.38. The van der Waals surface area contributed by atoms with E-state index in [4.69, 9.17) is 0 Å². The summed E-state index contributed by atoms with van der Waals surface area (Å²) in [5.41, 5.74) is 1.66. The van der Waals surface area contributed by atoms with Crippen molar-refractivity contribution in [3.63, 3.8) is 0 Å². The minimum Gasteiger partial charge on any atom is -0.395 e. The lowest BCUT2D eigenvalue weighted by Gasteiger charge is -2.15. The number of rotatable bonds is 8. The number of alkyl halides is 3. The number of hydrogen-bond acceptors (Lipinski definition) is 6. The van der Waals surface area contributed by atoms with E-state index in [9.17, 15) is 31.5 Å². The Morgan fingerprint density at radius 1 is 1.05 bits per heavy atom. The number of thiazole rings is 1. The molecule has 2 N–H and O–H groups in total. The summed E-state index contributed by atoms with van der Waals surface area (Å²) in [6.07, 6.45) is -4.01. The second-order valence-corrected chi connectivity index (χ2v) is 11.8. The molecule has 0 fully saturated rings. The Kier molecular flexibility index (Phi) is 7.67. The number of fused-ring (bicyclic) bond motifs is 1. The molecule has 1 unspecified atom stereocenters. The number of amides is 1. The number of carbonyl (C=O) groups excluding carboxylic acids is 1. The third-order valence-electron chi connectivity index (χ3n) is 5.86. The average molecular weight is 549 g/mol. The molecular weight excluding hydrogens is 525 g/mol. The molecule has 0 bridgehead atoms. The number of benzene rings is 3. The molecule has 0 saturated carbocycles. The van der Waals surface area contributed by atoms with Crippen molar-refractivity contribution in [1.29, 1.82) is 0 Å². The third kappa shape index (κ3) is 6.17. The summed E-state index contributed by atoms with van der Waals surface area (Å²) in [5.74, 6) is -1.39. The SMILES string of the molecule is CCS(=O)(=O)c1ccc(C(CO)C(=O)Nc2ccc3nc(Cc4ccc(C(F)(F)F)cc4)sc3c2)cc1. The Balaban J connectivity index is 1.47. The van der Waals surface area contributed by atoms with E-state index in [0.717, 1.165) is 16.8 Å². The van der Waals surface area contributed by atoms with Gasteiger partial charge in [0.15, 0.2) is 9.84 Å². The lowest BCUT2D eigenvalue weighted by molar-refractivity contribution is -0.137. The number of nitrogens with one attached hydrogen (secondary N) is 1. The number of halogens is 3. The van der Waals surface area contributed by atoms with Crippen LogP contribution in [-0.4, -0.2) is 36.8 Å². The largest absolute Gasteiger partial charge is 0.416 e. The van der Waals surface area contributed by atoms with E-state index in [0.29, 0.717) is 33.8 Å². The molecule has 37 heavy (non-hydrogen) atoms. The van der Waals surface area contributed by atoms with Crippen LogP contribution in [0.4, 0.5) is 18.9 Å². The fraction of sp³-hybridized carbons (Fsp3) is 0.231. The van der Waals surface area contributed by atoms with Crippen molar-refractivity contribution in [3.05, 3.63) is 88.4 Å². The number of aromatic nitrogens is 1. The van der Waals surface area contributed by atoms with Gasteiger partial charge in [-0.3, -0.25) is 4.79 Å². The van der Waals surface area contributed by atoms with E-state index in [-0.39, 0.29) is 10.6 Å². The first-order chi connectivity index (χ1) is 17.5. The second kappa shape index (κ2) is 10.6. The Labute approximate surface area is 215 Å². The van der Waals surface area contributed by atoms with Crippen molar-refractivity contribution in [2.45, 2.75) is 30.3 Å². The number of aliphatic hydroxyl groups excluding tert-OH is 1. The molecule has 1 aromatic heterocycles. The van der Waals surface area contributed by atoms with Crippen molar-refractivity contribution in [2.24, 2.45) is 0 Å². The highest BCUT2D eigenvalue weighted by Crippen LogP contribution is 2.31. The zero-order valence-corrected chi connectivity index (χ0v) is 21.3. The van der Waals surface area contributed by atoms with E-state index in [2.05, 4.69) is 10.3 Å². The topological polar surface area (TPSA) is 96.4 Å². The molecule has 1 atom stereocenters. The van der Waals surface area contributed by atoms with E-state index in [1.54, 1.807) is 25.1 Å². The molecule has 0 radical (unpaired) electrons. The highest BCUT2D eigenvalue weighted by Gasteiger charge is 2.30. The average Bonchev–Trinajstić information content (AvgIpc) is 3.26. The van der Waals surface area contributed by atoms with Crippen LogP contribution in [0.5, 0.6) is 0 Å². The maximum atomic E-state index is 12.9. The minimum absolute atomic E-state index is 0.0393. The molecule has 0 saturated heterocycles. The van der Waals surface area contributed by atoms with Crippen molar-refractivity contribution in [1.82, 2.24) is 4.98 Å². The predicted molar refractivity (Wildman–Crippen MR) is 136 cm³/mol. The summed E-state index contributed by atoms with van der Waals surface area (Å²) >= 11 is 1.37. The number of anilines is 1. The van der Waals surface area contributed by atoms with Crippen molar-refractivity contribution >= 4 is 43.0 Å². The Morgan fingerprint density at radius 2 is 1.73 bits per heavy atom. The number of hydrogen-bond donors (Lipinski definition) is 2. The first-order valence-electron chi connectivity index (χ1n) is 11.3. The number of aliphatic hydroxyl groups is 1. The van der Waals surface area contributed by atoms with Crippen LogP contribution in [-0.2, 0) is 27.2 Å². The van der Waals surface area contributed by atoms with Crippen molar-refractivity contribution in [2.75, 3.05) is 17.7 Å². The van der Waals surface area contributed by atoms with E-state index < -0.39 is 40.0 Å². The zero-order chi connectivity index (χ0) is 26.8. The molecule has 4 aromatic rings. The molecule has 194 valence electrons. The van der Waals surface area contributed by atoms with Crippen LogP contribution in [0.15, 0.2) is 71.6 Å². The molecular formula is C26H23F3N2O4S2. The van der Waals surface area contributed by atoms with Crippen LogP contribution >= 0.6 is 11.3 Å². The summed E-state index contributed by atoms with van der Waals surface area (Å²) in [6, 6.07) is 16.0.